The van der Waals surface area contributed by atoms with Gasteiger partial charge in [0, 0.05) is 28.8 Å². The Hall–Kier alpha value is -0.900. The minimum Gasteiger partial charge on any atom is -0.396 e. The molecule has 0 radical (unpaired) electrons. The molecule has 0 saturated heterocycles. The first kappa shape index (κ1) is 11.6. The van der Waals surface area contributed by atoms with Crippen molar-refractivity contribution in [3.05, 3.63) is 35.2 Å². The number of nitrogens with one attached hydrogen (secondary N) is 1. The molecule has 2 aromatic rings. The van der Waals surface area contributed by atoms with Gasteiger partial charge in [-0.05, 0) is 30.9 Å². The first-order chi connectivity index (χ1) is 7.79. The predicted molar refractivity (Wildman–Crippen MR) is 69.8 cm³/mol. The van der Waals surface area contributed by atoms with Gasteiger partial charge in [0.1, 0.15) is 0 Å². The number of benzene rings is 1. The summed E-state index contributed by atoms with van der Waals surface area (Å²) in [5, 5.41) is 13.5. The van der Waals surface area contributed by atoms with Crippen LogP contribution in [0.15, 0.2) is 30.3 Å². The molecule has 86 valence electrons. The van der Waals surface area contributed by atoms with Crippen LogP contribution in [0.3, 0.4) is 0 Å². The van der Waals surface area contributed by atoms with E-state index in [0.29, 0.717) is 6.04 Å². The van der Waals surface area contributed by atoms with E-state index in [0.717, 1.165) is 13.0 Å². The maximum absolute atomic E-state index is 8.81. The van der Waals surface area contributed by atoms with Crippen molar-refractivity contribution in [2.75, 3.05) is 6.61 Å². The number of aliphatic hydroxyl groups is 1. The third-order valence-corrected chi connectivity index (χ3v) is 3.78. The van der Waals surface area contributed by atoms with Gasteiger partial charge in [-0.3, -0.25) is 0 Å². The first-order valence-corrected chi connectivity index (χ1v) is 6.43. The summed E-state index contributed by atoms with van der Waals surface area (Å²) < 4.78 is 1.34. The van der Waals surface area contributed by atoms with E-state index in [1.165, 1.54) is 15.0 Å². The molecule has 0 saturated carbocycles. The van der Waals surface area contributed by atoms with Crippen molar-refractivity contribution in [3.63, 3.8) is 0 Å². The summed E-state index contributed by atoms with van der Waals surface area (Å²) in [7, 11) is 0. The van der Waals surface area contributed by atoms with Crippen molar-refractivity contribution in [3.8, 4) is 0 Å². The lowest BCUT2D eigenvalue weighted by atomic mass is 10.2. The third kappa shape index (κ3) is 2.82. The van der Waals surface area contributed by atoms with Gasteiger partial charge in [0.25, 0.3) is 0 Å². The van der Waals surface area contributed by atoms with Crippen molar-refractivity contribution < 1.29 is 5.11 Å². The number of thiophene rings is 1. The Kier molecular flexibility index (Phi) is 3.93. The van der Waals surface area contributed by atoms with Gasteiger partial charge in [-0.1, -0.05) is 18.2 Å². The highest BCUT2D eigenvalue weighted by Gasteiger charge is 2.03. The van der Waals surface area contributed by atoms with Gasteiger partial charge in [-0.15, -0.1) is 11.3 Å². The lowest BCUT2D eigenvalue weighted by Gasteiger charge is -2.10. The second-order valence-corrected chi connectivity index (χ2v) is 5.21. The smallest absolute Gasteiger partial charge is 0.0445 e. The second-order valence-electron chi connectivity index (χ2n) is 4.04. The summed E-state index contributed by atoms with van der Waals surface area (Å²) in [4.78, 5) is 1.35. The molecule has 1 unspecified atom stereocenters. The molecular weight excluding hydrogens is 218 g/mol. The molecule has 1 heterocycles. The minimum absolute atomic E-state index is 0.251. The Morgan fingerprint density at radius 3 is 2.94 bits per heavy atom. The fraction of sp³-hybridized carbons (Fsp3) is 0.385. The lowest BCUT2D eigenvalue weighted by Crippen LogP contribution is -2.25. The molecule has 0 bridgehead atoms. The van der Waals surface area contributed by atoms with Crippen LogP contribution in [0.5, 0.6) is 0 Å². The van der Waals surface area contributed by atoms with Gasteiger partial charge in [-0.25, -0.2) is 0 Å². The maximum atomic E-state index is 8.81. The summed E-state index contributed by atoms with van der Waals surface area (Å²) in [5.74, 6) is 0. The molecule has 0 spiro atoms. The standard InChI is InChI=1S/C13H17NOS/c1-10(6-7-15)14-9-12-8-11-4-2-3-5-13(11)16-12/h2-5,8,10,14-15H,6-7,9H2,1H3. The Labute approximate surface area is 99.9 Å². The number of hydrogen-bond donors (Lipinski definition) is 2. The molecule has 0 aliphatic heterocycles. The van der Waals surface area contributed by atoms with Crippen LogP contribution in [-0.4, -0.2) is 17.8 Å². The van der Waals surface area contributed by atoms with Crippen LogP contribution in [0.1, 0.15) is 18.2 Å². The minimum atomic E-state index is 0.251. The molecule has 3 heteroatoms. The van der Waals surface area contributed by atoms with Crippen molar-refractivity contribution in [2.24, 2.45) is 0 Å². The molecule has 0 amide bonds. The lowest BCUT2D eigenvalue weighted by molar-refractivity contribution is 0.269. The molecule has 0 fully saturated rings. The average molecular weight is 235 g/mol. The van der Waals surface area contributed by atoms with Crippen LogP contribution >= 0.6 is 11.3 Å². The van der Waals surface area contributed by atoms with E-state index in [1.54, 1.807) is 0 Å². The molecule has 0 aliphatic rings. The Morgan fingerprint density at radius 1 is 1.38 bits per heavy atom. The monoisotopic (exact) mass is 235 g/mol. The van der Waals surface area contributed by atoms with Gasteiger partial charge >= 0.3 is 0 Å². The van der Waals surface area contributed by atoms with Crippen molar-refractivity contribution in [1.29, 1.82) is 0 Å². The SMILES string of the molecule is CC(CCO)NCc1cc2ccccc2s1. The van der Waals surface area contributed by atoms with E-state index in [1.807, 2.05) is 11.3 Å². The zero-order valence-electron chi connectivity index (χ0n) is 9.44. The van der Waals surface area contributed by atoms with Crippen LogP contribution in [-0.2, 0) is 6.54 Å². The summed E-state index contributed by atoms with van der Waals surface area (Å²) >= 11 is 1.83. The van der Waals surface area contributed by atoms with E-state index < -0.39 is 0 Å². The van der Waals surface area contributed by atoms with Crippen LogP contribution in [0.2, 0.25) is 0 Å². The molecule has 2 N–H and O–H groups in total. The quantitative estimate of drug-likeness (QED) is 0.835. The number of aliphatic hydroxyl groups excluding tert-OH is 1. The first-order valence-electron chi connectivity index (χ1n) is 5.61. The van der Waals surface area contributed by atoms with Gasteiger partial charge in [-0.2, -0.15) is 0 Å². The van der Waals surface area contributed by atoms with Crippen molar-refractivity contribution in [1.82, 2.24) is 5.32 Å². The molecule has 1 aromatic heterocycles. The maximum Gasteiger partial charge on any atom is 0.0445 e. The van der Waals surface area contributed by atoms with E-state index in [4.69, 9.17) is 5.11 Å². The van der Waals surface area contributed by atoms with Crippen molar-refractivity contribution in [2.45, 2.75) is 25.9 Å². The number of fused-ring (bicyclic) bond motifs is 1. The van der Waals surface area contributed by atoms with E-state index in [2.05, 4.69) is 42.6 Å². The van der Waals surface area contributed by atoms with Crippen LogP contribution in [0.25, 0.3) is 10.1 Å². The average Bonchev–Trinajstić information content (AvgIpc) is 2.69. The summed E-state index contributed by atoms with van der Waals surface area (Å²) in [5.41, 5.74) is 0. The Morgan fingerprint density at radius 2 is 2.19 bits per heavy atom. The fourth-order valence-electron chi connectivity index (χ4n) is 1.69. The molecule has 1 atom stereocenters. The number of rotatable bonds is 5. The van der Waals surface area contributed by atoms with E-state index in [-0.39, 0.29) is 6.61 Å². The highest BCUT2D eigenvalue weighted by Crippen LogP contribution is 2.25. The predicted octanol–water partition coefficient (Wildman–Crippen LogP) is 2.76. The largest absolute Gasteiger partial charge is 0.396 e. The molecular formula is C13H17NOS. The van der Waals surface area contributed by atoms with Crippen LogP contribution in [0.4, 0.5) is 0 Å². The normalized spacial score (nSPS) is 13.1. The highest BCUT2D eigenvalue weighted by atomic mass is 32.1. The van der Waals surface area contributed by atoms with Gasteiger partial charge in [0.2, 0.25) is 0 Å². The van der Waals surface area contributed by atoms with Crippen LogP contribution in [0, 0.1) is 0 Å². The van der Waals surface area contributed by atoms with Crippen molar-refractivity contribution >= 4 is 21.4 Å². The van der Waals surface area contributed by atoms with E-state index >= 15 is 0 Å². The van der Waals surface area contributed by atoms with Crippen LogP contribution < -0.4 is 5.32 Å². The number of hydrogen-bond acceptors (Lipinski definition) is 3. The van der Waals surface area contributed by atoms with Gasteiger partial charge in [0.15, 0.2) is 0 Å². The summed E-state index contributed by atoms with van der Waals surface area (Å²) in [6.45, 7) is 3.24. The zero-order chi connectivity index (χ0) is 11.4. The topological polar surface area (TPSA) is 32.3 Å². The summed E-state index contributed by atoms with van der Waals surface area (Å²) in [6.07, 6.45) is 0.810. The third-order valence-electron chi connectivity index (χ3n) is 2.66. The Bertz CT molecular complexity index is 419. The van der Waals surface area contributed by atoms with E-state index in [9.17, 15) is 0 Å². The molecule has 16 heavy (non-hydrogen) atoms. The second kappa shape index (κ2) is 5.43. The summed E-state index contributed by atoms with van der Waals surface area (Å²) in [6, 6.07) is 11.0. The van der Waals surface area contributed by atoms with Gasteiger partial charge < -0.3 is 10.4 Å². The highest BCUT2D eigenvalue weighted by molar-refractivity contribution is 7.19. The zero-order valence-corrected chi connectivity index (χ0v) is 10.3. The Balaban J connectivity index is 1.99. The molecule has 2 nitrogen and oxygen atoms in total. The molecule has 1 aromatic carbocycles. The molecule has 2 rings (SSSR count). The fourth-order valence-corrected chi connectivity index (χ4v) is 2.71. The molecule has 0 aliphatic carbocycles. The van der Waals surface area contributed by atoms with Gasteiger partial charge in [0.05, 0.1) is 0 Å².